The highest BCUT2D eigenvalue weighted by molar-refractivity contribution is 7.92. The molecule has 1 fully saturated rings. The number of piperidine rings is 1. The molecule has 3 aromatic rings. The van der Waals surface area contributed by atoms with Gasteiger partial charge in [-0.3, -0.25) is 4.79 Å². The summed E-state index contributed by atoms with van der Waals surface area (Å²) in [6, 6.07) is 16.0. The number of amides is 1. The zero-order valence-corrected chi connectivity index (χ0v) is 23.7. The van der Waals surface area contributed by atoms with Gasteiger partial charge in [0.1, 0.15) is 11.4 Å². The van der Waals surface area contributed by atoms with Gasteiger partial charge in [-0.15, -0.1) is 0 Å². The van der Waals surface area contributed by atoms with E-state index in [1.807, 2.05) is 30.3 Å². The Hall–Kier alpha value is -3.14. The van der Waals surface area contributed by atoms with Crippen molar-refractivity contribution >= 4 is 23.2 Å². The van der Waals surface area contributed by atoms with Crippen molar-refractivity contribution in [1.82, 2.24) is 20.2 Å². The first kappa shape index (κ1) is 27.4. The van der Waals surface area contributed by atoms with Crippen LogP contribution in [0.4, 0.5) is 5.95 Å². The molecule has 5 rings (SSSR count). The fourth-order valence-electron chi connectivity index (χ4n) is 5.71. The van der Waals surface area contributed by atoms with Gasteiger partial charge in [-0.1, -0.05) is 30.3 Å². The van der Waals surface area contributed by atoms with Crippen molar-refractivity contribution in [2.24, 2.45) is 11.8 Å². The Kier molecular flexibility index (Phi) is 8.69. The van der Waals surface area contributed by atoms with Gasteiger partial charge in [-0.05, 0) is 74.4 Å². The molecule has 0 saturated carbocycles. The number of benzene rings is 2. The summed E-state index contributed by atoms with van der Waals surface area (Å²) in [6.45, 7) is 9.61. The first-order chi connectivity index (χ1) is 18.9. The molecule has 4 bridgehead atoms. The van der Waals surface area contributed by atoms with Crippen LogP contribution in [0.25, 0.3) is 11.3 Å². The molecule has 0 spiro atoms. The van der Waals surface area contributed by atoms with Crippen molar-refractivity contribution in [1.29, 1.82) is 0 Å². The first-order valence-corrected chi connectivity index (χ1v) is 14.8. The highest BCUT2D eigenvalue weighted by atomic mass is 32.2. The van der Waals surface area contributed by atoms with Gasteiger partial charge in [0.2, 0.25) is 11.8 Å². The highest BCUT2D eigenvalue weighted by Gasteiger charge is 2.30. The SMILES string of the molecule is CC(=O)NCCN1CCC2CCc3cccc(c3)[S+]([O-])Nc3nc(cc(-c4c(C)cccc4C)n3)OC[C@H]2C1. The van der Waals surface area contributed by atoms with E-state index in [9.17, 15) is 9.35 Å². The molecule has 39 heavy (non-hydrogen) atoms. The van der Waals surface area contributed by atoms with Crippen LogP contribution in [0.5, 0.6) is 5.88 Å². The molecule has 1 saturated heterocycles. The number of hydrogen-bond donors (Lipinski definition) is 2. The van der Waals surface area contributed by atoms with Crippen molar-refractivity contribution in [2.45, 2.75) is 44.9 Å². The van der Waals surface area contributed by atoms with Crippen LogP contribution in [0, 0.1) is 25.7 Å². The van der Waals surface area contributed by atoms with E-state index >= 15 is 0 Å². The fourth-order valence-corrected chi connectivity index (χ4v) is 6.55. The van der Waals surface area contributed by atoms with Gasteiger partial charge in [-0.2, -0.15) is 9.71 Å². The number of carbonyl (C=O) groups is 1. The number of hydrogen-bond acceptors (Lipinski definition) is 7. The van der Waals surface area contributed by atoms with E-state index in [0.29, 0.717) is 35.8 Å². The molecular formula is C30H37N5O3S. The highest BCUT2D eigenvalue weighted by Crippen LogP contribution is 2.32. The maximum Gasteiger partial charge on any atom is 0.269 e. The quantitative estimate of drug-likeness (QED) is 0.470. The maximum atomic E-state index is 13.3. The van der Waals surface area contributed by atoms with Gasteiger partial charge in [0.25, 0.3) is 5.95 Å². The lowest BCUT2D eigenvalue weighted by molar-refractivity contribution is -0.119. The predicted octanol–water partition coefficient (Wildman–Crippen LogP) is 4.29. The minimum absolute atomic E-state index is 0.00207. The van der Waals surface area contributed by atoms with Gasteiger partial charge >= 0.3 is 0 Å². The van der Waals surface area contributed by atoms with Crippen molar-refractivity contribution in [2.75, 3.05) is 37.5 Å². The Morgan fingerprint density at radius 3 is 2.72 bits per heavy atom. The van der Waals surface area contributed by atoms with Crippen LogP contribution < -0.4 is 14.8 Å². The van der Waals surface area contributed by atoms with Crippen LogP contribution in [-0.2, 0) is 22.6 Å². The molecule has 0 radical (unpaired) electrons. The van der Waals surface area contributed by atoms with Crippen LogP contribution in [0.1, 0.15) is 36.5 Å². The van der Waals surface area contributed by atoms with E-state index < -0.39 is 11.4 Å². The number of aromatic nitrogens is 2. The largest absolute Gasteiger partial charge is 0.588 e. The molecule has 3 atom stereocenters. The van der Waals surface area contributed by atoms with Gasteiger partial charge in [0.15, 0.2) is 4.90 Å². The number of ether oxygens (including phenoxy) is 1. The number of aryl methyl sites for hydroxylation is 3. The summed E-state index contributed by atoms with van der Waals surface area (Å²) in [5, 5.41) is 2.92. The average Bonchev–Trinajstić information content (AvgIpc) is 2.90. The summed E-state index contributed by atoms with van der Waals surface area (Å²) in [5.74, 6) is 1.58. The van der Waals surface area contributed by atoms with E-state index in [0.717, 1.165) is 61.3 Å². The third kappa shape index (κ3) is 6.90. The standard InChI is InChI=1S/C30H37N5O3S/c1-20-6-4-7-21(2)29(20)27-17-28-33-30(32-27)34-39(37)26-9-5-8-23(16-26)10-11-24-12-14-35(15-13-31-22(3)36)18-25(24)19-38-28/h4-9,16-17,24-25H,10-15,18-19H2,1-3H3,(H,31,36)(H,32,33,34)/t24?,25-,39?/m1/s1. The summed E-state index contributed by atoms with van der Waals surface area (Å²) in [5.41, 5.74) is 5.17. The number of anilines is 1. The minimum Gasteiger partial charge on any atom is -0.588 e. The summed E-state index contributed by atoms with van der Waals surface area (Å²) in [4.78, 5) is 23.9. The Morgan fingerprint density at radius 1 is 1.13 bits per heavy atom. The molecule has 2 N–H and O–H groups in total. The molecule has 2 aromatic carbocycles. The topological polar surface area (TPSA) is 102 Å². The van der Waals surface area contributed by atoms with Crippen molar-refractivity contribution in [3.63, 3.8) is 0 Å². The minimum atomic E-state index is -1.50. The molecule has 2 aliphatic rings. The molecule has 2 aliphatic heterocycles. The normalized spacial score (nSPS) is 21.6. The molecule has 8 nitrogen and oxygen atoms in total. The van der Waals surface area contributed by atoms with Crippen molar-refractivity contribution in [3.8, 4) is 17.1 Å². The number of likely N-dealkylation sites (tertiary alicyclic amines) is 1. The second kappa shape index (κ2) is 12.4. The zero-order chi connectivity index (χ0) is 27.4. The van der Waals surface area contributed by atoms with Crippen LogP contribution in [-0.4, -0.2) is 58.1 Å². The van der Waals surface area contributed by atoms with E-state index in [4.69, 9.17) is 9.72 Å². The second-order valence-corrected chi connectivity index (χ2v) is 11.9. The van der Waals surface area contributed by atoms with E-state index in [2.05, 4.69) is 52.0 Å². The van der Waals surface area contributed by atoms with Crippen molar-refractivity contribution in [3.05, 3.63) is 65.2 Å². The Morgan fingerprint density at radius 2 is 1.92 bits per heavy atom. The molecule has 9 heteroatoms. The van der Waals surface area contributed by atoms with Crippen LogP contribution in [0.2, 0.25) is 0 Å². The van der Waals surface area contributed by atoms with Gasteiger partial charge in [-0.25, -0.2) is 4.98 Å². The smallest absolute Gasteiger partial charge is 0.269 e. The first-order valence-electron chi connectivity index (χ1n) is 13.7. The van der Waals surface area contributed by atoms with Crippen molar-refractivity contribution < 1.29 is 14.1 Å². The predicted molar refractivity (Wildman–Crippen MR) is 154 cm³/mol. The van der Waals surface area contributed by atoms with Gasteiger partial charge in [0.05, 0.1) is 12.3 Å². The number of carbonyl (C=O) groups excluding carboxylic acids is 1. The molecule has 0 aliphatic carbocycles. The van der Waals surface area contributed by atoms with Gasteiger partial charge < -0.3 is 19.5 Å². The van der Waals surface area contributed by atoms with E-state index in [1.54, 1.807) is 6.92 Å². The molecule has 3 heterocycles. The van der Waals surface area contributed by atoms with Crippen LogP contribution in [0.3, 0.4) is 0 Å². The molecule has 2 unspecified atom stereocenters. The lowest BCUT2D eigenvalue weighted by Crippen LogP contribution is -2.45. The molecular weight excluding hydrogens is 510 g/mol. The lowest BCUT2D eigenvalue weighted by atomic mass is 9.82. The maximum absolute atomic E-state index is 13.3. The summed E-state index contributed by atoms with van der Waals surface area (Å²) in [6.07, 6.45) is 3.04. The third-order valence-corrected chi connectivity index (χ3v) is 8.81. The number of fused-ring (bicyclic) bond motifs is 5. The van der Waals surface area contributed by atoms with Crippen LogP contribution in [0.15, 0.2) is 53.4 Å². The Bertz CT molecular complexity index is 1300. The second-order valence-electron chi connectivity index (χ2n) is 10.6. The molecule has 206 valence electrons. The third-order valence-electron chi connectivity index (χ3n) is 7.76. The summed E-state index contributed by atoms with van der Waals surface area (Å²) in [7, 11) is 0. The molecule has 1 aromatic heterocycles. The van der Waals surface area contributed by atoms with E-state index in [-0.39, 0.29) is 11.9 Å². The average molecular weight is 548 g/mol. The Balaban J connectivity index is 1.47. The number of nitrogens with zero attached hydrogens (tertiary/aromatic N) is 3. The summed E-state index contributed by atoms with van der Waals surface area (Å²) < 4.78 is 22.7. The Labute approximate surface area is 233 Å². The van der Waals surface area contributed by atoms with Gasteiger partial charge in [0, 0.05) is 44.1 Å². The zero-order valence-electron chi connectivity index (χ0n) is 22.9. The van der Waals surface area contributed by atoms with Crippen LogP contribution >= 0.6 is 0 Å². The summed E-state index contributed by atoms with van der Waals surface area (Å²) >= 11 is -1.50. The monoisotopic (exact) mass is 547 g/mol. The number of nitrogens with one attached hydrogen (secondary N) is 2. The lowest BCUT2D eigenvalue weighted by Gasteiger charge is -2.38. The fraction of sp³-hybridized carbons (Fsp3) is 0.433. The van der Waals surface area contributed by atoms with E-state index in [1.165, 1.54) is 5.56 Å². The number of rotatable bonds is 4. The molecule has 1 amide bonds.